The first kappa shape index (κ1) is 11.1. The van der Waals surface area contributed by atoms with Gasteiger partial charge in [0, 0.05) is 16.1 Å². The van der Waals surface area contributed by atoms with Crippen LogP contribution in [0.25, 0.3) is 11.1 Å². The van der Waals surface area contributed by atoms with Crippen LogP contribution in [0.2, 0.25) is 0 Å². The third kappa shape index (κ3) is 2.07. The average molecular weight is 284 g/mol. The van der Waals surface area contributed by atoms with E-state index in [0.717, 1.165) is 16.6 Å². The van der Waals surface area contributed by atoms with Gasteiger partial charge in [-0.1, -0.05) is 28.1 Å². The molecule has 1 nitrogen and oxygen atoms in total. The molecule has 0 amide bonds. The van der Waals surface area contributed by atoms with Crippen molar-refractivity contribution in [1.29, 1.82) is 0 Å². The van der Waals surface area contributed by atoms with Crippen molar-refractivity contribution in [1.82, 2.24) is 0 Å². The fourth-order valence-corrected chi connectivity index (χ4v) is 1.68. The van der Waals surface area contributed by atoms with E-state index in [4.69, 9.17) is 5.73 Å². The van der Waals surface area contributed by atoms with Crippen molar-refractivity contribution < 1.29 is 8.78 Å². The molecule has 82 valence electrons. The van der Waals surface area contributed by atoms with E-state index >= 15 is 0 Å². The van der Waals surface area contributed by atoms with E-state index in [9.17, 15) is 8.78 Å². The quantitative estimate of drug-likeness (QED) is 0.788. The zero-order valence-electron chi connectivity index (χ0n) is 8.18. The van der Waals surface area contributed by atoms with Gasteiger partial charge in [-0.3, -0.25) is 0 Å². The average Bonchev–Trinajstić information content (AvgIpc) is 2.25. The smallest absolute Gasteiger partial charge is 0.146 e. The minimum absolute atomic E-state index is 0.182. The van der Waals surface area contributed by atoms with E-state index in [1.54, 1.807) is 24.3 Å². The molecule has 2 rings (SSSR count). The van der Waals surface area contributed by atoms with E-state index in [1.807, 2.05) is 0 Å². The van der Waals surface area contributed by atoms with Crippen LogP contribution in [0.3, 0.4) is 0 Å². The van der Waals surface area contributed by atoms with E-state index in [1.165, 1.54) is 0 Å². The second kappa shape index (κ2) is 4.22. The van der Waals surface area contributed by atoms with Gasteiger partial charge in [0.25, 0.3) is 0 Å². The molecule has 0 heterocycles. The minimum Gasteiger partial charge on any atom is -0.396 e. The molecule has 2 aromatic rings. The number of rotatable bonds is 1. The highest BCUT2D eigenvalue weighted by Gasteiger charge is 2.09. The number of halogens is 3. The molecule has 0 aliphatic rings. The van der Waals surface area contributed by atoms with Crippen LogP contribution in [-0.2, 0) is 0 Å². The van der Waals surface area contributed by atoms with Gasteiger partial charge in [0.15, 0.2) is 0 Å². The fourth-order valence-electron chi connectivity index (χ4n) is 1.41. The summed E-state index contributed by atoms with van der Waals surface area (Å²) in [6.45, 7) is 0. The molecule has 0 spiro atoms. The maximum absolute atomic E-state index is 13.6. The predicted molar refractivity (Wildman–Crippen MR) is 63.9 cm³/mol. The molecule has 0 aliphatic carbocycles. The van der Waals surface area contributed by atoms with Gasteiger partial charge >= 0.3 is 0 Å². The van der Waals surface area contributed by atoms with Crippen molar-refractivity contribution in [2.75, 3.05) is 5.73 Å². The molecule has 0 unspecified atom stereocenters. The summed E-state index contributed by atoms with van der Waals surface area (Å²) >= 11 is 3.27. The number of hydrogen-bond donors (Lipinski definition) is 1. The summed E-state index contributed by atoms with van der Waals surface area (Å²) in [6.07, 6.45) is 0. The van der Waals surface area contributed by atoms with Crippen LogP contribution in [0.1, 0.15) is 0 Å². The van der Waals surface area contributed by atoms with Crippen molar-refractivity contribution in [3.05, 3.63) is 52.5 Å². The maximum Gasteiger partial charge on any atom is 0.146 e. The molecule has 4 heteroatoms. The summed E-state index contributed by atoms with van der Waals surface area (Å²) in [5, 5.41) is 0. The van der Waals surface area contributed by atoms with Crippen LogP contribution >= 0.6 is 15.9 Å². The maximum atomic E-state index is 13.6. The van der Waals surface area contributed by atoms with Gasteiger partial charge in [-0.25, -0.2) is 8.78 Å². The zero-order valence-corrected chi connectivity index (χ0v) is 9.76. The highest BCUT2D eigenvalue weighted by atomic mass is 79.9. The zero-order chi connectivity index (χ0) is 11.7. The molecule has 0 saturated heterocycles. The van der Waals surface area contributed by atoms with Crippen molar-refractivity contribution in [3.63, 3.8) is 0 Å². The Morgan fingerprint density at radius 1 is 0.938 bits per heavy atom. The van der Waals surface area contributed by atoms with Gasteiger partial charge in [-0.05, 0) is 23.8 Å². The van der Waals surface area contributed by atoms with Gasteiger partial charge in [-0.15, -0.1) is 0 Å². The largest absolute Gasteiger partial charge is 0.396 e. The topological polar surface area (TPSA) is 26.0 Å². The number of hydrogen-bond acceptors (Lipinski definition) is 1. The summed E-state index contributed by atoms with van der Waals surface area (Å²) in [5.41, 5.74) is 5.91. The SMILES string of the molecule is Nc1cc(F)c(-c2ccc(Br)cc2)cc1F. The van der Waals surface area contributed by atoms with Crippen LogP contribution in [0, 0.1) is 11.6 Å². The van der Waals surface area contributed by atoms with Gasteiger partial charge in [-0.2, -0.15) is 0 Å². The lowest BCUT2D eigenvalue weighted by atomic mass is 10.0. The molecule has 0 aliphatic heterocycles. The minimum atomic E-state index is -0.612. The number of nitrogens with two attached hydrogens (primary N) is 1. The first-order valence-corrected chi connectivity index (χ1v) is 5.37. The summed E-state index contributed by atoms with van der Waals surface area (Å²) in [7, 11) is 0. The predicted octanol–water partition coefficient (Wildman–Crippen LogP) is 3.98. The molecule has 0 fully saturated rings. The van der Waals surface area contributed by atoms with Crippen LogP contribution < -0.4 is 5.73 Å². The second-order valence-electron chi connectivity index (χ2n) is 3.36. The Balaban J connectivity index is 2.56. The monoisotopic (exact) mass is 283 g/mol. The molecule has 0 radical (unpaired) electrons. The third-order valence-corrected chi connectivity index (χ3v) is 2.77. The molecule has 0 aromatic heterocycles. The van der Waals surface area contributed by atoms with Crippen LogP contribution in [0.15, 0.2) is 40.9 Å². The Kier molecular flexibility index (Phi) is 2.92. The standard InChI is InChI=1S/C12H8BrF2N/c13-8-3-1-7(2-4-8)9-5-11(15)12(16)6-10(9)14/h1-6H,16H2. The van der Waals surface area contributed by atoms with Gasteiger partial charge in [0.1, 0.15) is 11.6 Å². The lowest BCUT2D eigenvalue weighted by Gasteiger charge is -2.05. The summed E-state index contributed by atoms with van der Waals surface area (Å²) < 4.78 is 27.7. The lowest BCUT2D eigenvalue weighted by molar-refractivity contribution is 0.607. The molecule has 2 aromatic carbocycles. The van der Waals surface area contributed by atoms with Crippen LogP contribution in [0.5, 0.6) is 0 Å². The van der Waals surface area contributed by atoms with E-state index in [0.29, 0.717) is 5.56 Å². The summed E-state index contributed by atoms with van der Waals surface area (Å²) in [5.74, 6) is -1.14. The first-order valence-electron chi connectivity index (χ1n) is 4.58. The van der Waals surface area contributed by atoms with E-state index in [2.05, 4.69) is 15.9 Å². The Hall–Kier alpha value is -1.42. The molecule has 2 N–H and O–H groups in total. The van der Waals surface area contributed by atoms with Crippen LogP contribution in [-0.4, -0.2) is 0 Å². The van der Waals surface area contributed by atoms with Crippen molar-refractivity contribution >= 4 is 21.6 Å². The molecule has 0 atom stereocenters. The Labute approximate surface area is 100 Å². The normalized spacial score (nSPS) is 10.4. The van der Waals surface area contributed by atoms with Crippen molar-refractivity contribution in [2.45, 2.75) is 0 Å². The molecular formula is C12H8BrF2N. The van der Waals surface area contributed by atoms with Crippen molar-refractivity contribution in [3.8, 4) is 11.1 Å². The molecule has 0 saturated carbocycles. The molecule has 0 bridgehead atoms. The van der Waals surface area contributed by atoms with E-state index < -0.39 is 11.6 Å². The Morgan fingerprint density at radius 2 is 1.56 bits per heavy atom. The van der Waals surface area contributed by atoms with E-state index in [-0.39, 0.29) is 11.3 Å². The number of benzene rings is 2. The van der Waals surface area contributed by atoms with Gasteiger partial charge in [0.05, 0.1) is 5.69 Å². The van der Waals surface area contributed by atoms with Gasteiger partial charge < -0.3 is 5.73 Å². The third-order valence-electron chi connectivity index (χ3n) is 2.24. The Morgan fingerprint density at radius 3 is 2.19 bits per heavy atom. The first-order chi connectivity index (χ1) is 7.58. The highest BCUT2D eigenvalue weighted by Crippen LogP contribution is 2.27. The highest BCUT2D eigenvalue weighted by molar-refractivity contribution is 9.10. The molecular weight excluding hydrogens is 276 g/mol. The number of anilines is 1. The Bertz CT molecular complexity index is 523. The summed E-state index contributed by atoms with van der Waals surface area (Å²) in [4.78, 5) is 0. The van der Waals surface area contributed by atoms with Gasteiger partial charge in [0.2, 0.25) is 0 Å². The second-order valence-corrected chi connectivity index (χ2v) is 4.28. The van der Waals surface area contributed by atoms with Crippen LogP contribution in [0.4, 0.5) is 14.5 Å². The molecule has 16 heavy (non-hydrogen) atoms. The van der Waals surface area contributed by atoms with Crippen molar-refractivity contribution in [2.24, 2.45) is 0 Å². The lowest BCUT2D eigenvalue weighted by Crippen LogP contribution is -1.94. The fraction of sp³-hybridized carbons (Fsp3) is 0. The number of nitrogen functional groups attached to an aromatic ring is 1. The summed E-state index contributed by atoms with van der Waals surface area (Å²) in [6, 6.07) is 9.04.